The number of aromatic nitrogens is 4. The van der Waals surface area contributed by atoms with E-state index >= 15 is 0 Å². The smallest absolute Gasteiger partial charge is 0.339 e. The summed E-state index contributed by atoms with van der Waals surface area (Å²) < 4.78 is 37.6. The first-order valence-electron chi connectivity index (χ1n) is 5.73. The van der Waals surface area contributed by atoms with Gasteiger partial charge in [-0.15, -0.1) is 11.3 Å². The SMILES string of the molecule is N#Cc1ncc2[nH]c(Cc3ccc(C(F)(F)F)s3)nc2n1. The zero-order chi connectivity index (χ0) is 15.0. The first-order chi connectivity index (χ1) is 9.95. The predicted molar refractivity (Wildman–Crippen MR) is 68.5 cm³/mol. The summed E-state index contributed by atoms with van der Waals surface area (Å²) >= 11 is 0.679. The van der Waals surface area contributed by atoms with E-state index in [9.17, 15) is 13.2 Å². The lowest BCUT2D eigenvalue weighted by Gasteiger charge is -2.00. The average molecular weight is 309 g/mol. The van der Waals surface area contributed by atoms with E-state index in [4.69, 9.17) is 5.26 Å². The summed E-state index contributed by atoms with van der Waals surface area (Å²) in [7, 11) is 0. The van der Waals surface area contributed by atoms with Gasteiger partial charge in [0.25, 0.3) is 0 Å². The number of nitriles is 1. The van der Waals surface area contributed by atoms with Crippen LogP contribution in [-0.2, 0) is 12.6 Å². The van der Waals surface area contributed by atoms with Crippen molar-refractivity contribution < 1.29 is 13.2 Å². The van der Waals surface area contributed by atoms with Crippen LogP contribution in [0.2, 0.25) is 0 Å². The lowest BCUT2D eigenvalue weighted by molar-refractivity contribution is -0.134. The molecule has 3 heterocycles. The molecule has 0 unspecified atom stereocenters. The van der Waals surface area contributed by atoms with Crippen molar-refractivity contribution in [3.63, 3.8) is 0 Å². The van der Waals surface area contributed by atoms with Crippen LogP contribution in [0.4, 0.5) is 13.2 Å². The Balaban J connectivity index is 1.88. The number of nitrogens with zero attached hydrogens (tertiary/aromatic N) is 4. The number of rotatable bonds is 2. The fourth-order valence-electron chi connectivity index (χ4n) is 1.79. The number of H-pyrrole nitrogens is 1. The van der Waals surface area contributed by atoms with Gasteiger partial charge in [0, 0.05) is 11.3 Å². The summed E-state index contributed by atoms with van der Waals surface area (Å²) in [6.07, 6.45) is -2.67. The minimum absolute atomic E-state index is 0.00367. The average Bonchev–Trinajstić information content (AvgIpc) is 3.03. The lowest BCUT2D eigenvalue weighted by Crippen LogP contribution is -2.00. The molecule has 0 aliphatic heterocycles. The largest absolute Gasteiger partial charge is 0.425 e. The van der Waals surface area contributed by atoms with Gasteiger partial charge in [-0.2, -0.15) is 23.4 Å². The molecule has 0 bridgehead atoms. The molecular weight excluding hydrogens is 303 g/mol. The highest BCUT2D eigenvalue weighted by Crippen LogP contribution is 2.35. The molecule has 0 saturated heterocycles. The number of aromatic amines is 1. The summed E-state index contributed by atoms with van der Waals surface area (Å²) in [5.41, 5.74) is 0.862. The van der Waals surface area contributed by atoms with Gasteiger partial charge in [-0.05, 0) is 12.1 Å². The topological polar surface area (TPSA) is 78.2 Å². The van der Waals surface area contributed by atoms with E-state index in [1.165, 1.54) is 12.3 Å². The highest BCUT2D eigenvalue weighted by atomic mass is 32.1. The first kappa shape index (κ1) is 13.5. The van der Waals surface area contributed by atoms with Crippen molar-refractivity contribution in [2.45, 2.75) is 12.6 Å². The quantitative estimate of drug-likeness (QED) is 0.789. The van der Waals surface area contributed by atoms with Crippen LogP contribution in [0.25, 0.3) is 11.2 Å². The zero-order valence-corrected chi connectivity index (χ0v) is 11.1. The summed E-state index contributed by atoms with van der Waals surface area (Å²) in [6, 6.07) is 4.27. The molecule has 0 radical (unpaired) electrons. The van der Waals surface area contributed by atoms with Gasteiger partial charge in [-0.25, -0.2) is 9.97 Å². The van der Waals surface area contributed by atoms with Crippen LogP contribution < -0.4 is 0 Å². The number of nitrogens with one attached hydrogen (secondary N) is 1. The molecule has 3 aromatic rings. The number of halogens is 3. The third kappa shape index (κ3) is 2.71. The maximum absolute atomic E-state index is 12.5. The third-order valence-electron chi connectivity index (χ3n) is 2.67. The van der Waals surface area contributed by atoms with Crippen molar-refractivity contribution >= 4 is 22.5 Å². The fraction of sp³-hybridized carbons (Fsp3) is 0.167. The molecule has 21 heavy (non-hydrogen) atoms. The number of thiophene rings is 1. The summed E-state index contributed by atoms with van der Waals surface area (Å²) in [5, 5.41) is 8.70. The molecule has 0 fully saturated rings. The van der Waals surface area contributed by atoms with Gasteiger partial charge in [0.05, 0.1) is 6.20 Å². The summed E-state index contributed by atoms with van der Waals surface area (Å²) in [5.74, 6) is 0.473. The summed E-state index contributed by atoms with van der Waals surface area (Å²) in [4.78, 5) is 14.7. The number of hydrogen-bond acceptors (Lipinski definition) is 5. The van der Waals surface area contributed by atoms with E-state index in [-0.39, 0.29) is 12.2 Å². The highest BCUT2D eigenvalue weighted by molar-refractivity contribution is 7.12. The molecule has 106 valence electrons. The van der Waals surface area contributed by atoms with Crippen molar-refractivity contribution in [2.24, 2.45) is 0 Å². The van der Waals surface area contributed by atoms with E-state index in [1.54, 1.807) is 6.07 Å². The monoisotopic (exact) mass is 309 g/mol. The molecule has 3 aromatic heterocycles. The maximum Gasteiger partial charge on any atom is 0.425 e. The van der Waals surface area contributed by atoms with Crippen LogP contribution in [0.5, 0.6) is 0 Å². The van der Waals surface area contributed by atoms with E-state index < -0.39 is 11.1 Å². The number of imidazole rings is 1. The molecule has 0 saturated carbocycles. The van der Waals surface area contributed by atoms with Gasteiger partial charge in [0.2, 0.25) is 5.82 Å². The molecular formula is C12H6F3N5S. The Hall–Kier alpha value is -2.47. The minimum Gasteiger partial charge on any atom is -0.339 e. The molecule has 9 heteroatoms. The van der Waals surface area contributed by atoms with Crippen molar-refractivity contribution in [3.05, 3.63) is 39.7 Å². The fourth-order valence-corrected chi connectivity index (χ4v) is 2.66. The molecule has 3 rings (SSSR count). The third-order valence-corrected chi connectivity index (χ3v) is 3.80. The summed E-state index contributed by atoms with van der Waals surface area (Å²) in [6.45, 7) is 0. The van der Waals surface area contributed by atoms with Crippen LogP contribution in [0.15, 0.2) is 18.3 Å². The molecule has 0 aliphatic rings. The van der Waals surface area contributed by atoms with Gasteiger partial charge in [0.15, 0.2) is 5.65 Å². The Morgan fingerprint density at radius 3 is 2.76 bits per heavy atom. The van der Waals surface area contributed by atoms with Crippen molar-refractivity contribution in [1.29, 1.82) is 5.26 Å². The van der Waals surface area contributed by atoms with E-state index in [0.717, 1.165) is 6.07 Å². The van der Waals surface area contributed by atoms with E-state index in [2.05, 4.69) is 19.9 Å². The van der Waals surface area contributed by atoms with Crippen LogP contribution in [0, 0.1) is 11.3 Å². The van der Waals surface area contributed by atoms with Crippen LogP contribution in [0.3, 0.4) is 0 Å². The normalized spacial score (nSPS) is 11.7. The molecule has 0 aromatic carbocycles. The van der Waals surface area contributed by atoms with E-state index in [1.807, 2.05) is 0 Å². The Labute approximate surface area is 120 Å². The van der Waals surface area contributed by atoms with Crippen LogP contribution >= 0.6 is 11.3 Å². The molecule has 5 nitrogen and oxygen atoms in total. The van der Waals surface area contributed by atoms with Gasteiger partial charge >= 0.3 is 6.18 Å². The molecule has 0 aliphatic carbocycles. The Morgan fingerprint density at radius 2 is 2.10 bits per heavy atom. The van der Waals surface area contributed by atoms with Gasteiger partial charge in [-0.3, -0.25) is 0 Å². The maximum atomic E-state index is 12.5. The van der Waals surface area contributed by atoms with Crippen molar-refractivity contribution in [2.75, 3.05) is 0 Å². The lowest BCUT2D eigenvalue weighted by atomic mass is 10.3. The number of alkyl halides is 3. The number of fused-ring (bicyclic) bond motifs is 1. The second-order valence-electron chi connectivity index (χ2n) is 4.17. The second-order valence-corrected chi connectivity index (χ2v) is 5.34. The van der Waals surface area contributed by atoms with E-state index in [0.29, 0.717) is 33.2 Å². The van der Waals surface area contributed by atoms with Gasteiger partial charge in [-0.1, -0.05) is 0 Å². The Morgan fingerprint density at radius 1 is 1.29 bits per heavy atom. The van der Waals surface area contributed by atoms with Crippen molar-refractivity contribution in [1.82, 2.24) is 19.9 Å². The molecule has 0 amide bonds. The predicted octanol–water partition coefficient (Wildman–Crippen LogP) is 2.90. The molecule has 0 atom stereocenters. The van der Waals surface area contributed by atoms with Crippen LogP contribution in [0.1, 0.15) is 21.4 Å². The standard InChI is InChI=1S/C12H6F3N5S/c13-12(14,15)8-2-1-6(21-8)3-9-18-7-5-17-10(4-16)20-11(7)19-9/h1-2,5H,3H2,(H,17,18,19,20). The van der Waals surface area contributed by atoms with Crippen molar-refractivity contribution in [3.8, 4) is 6.07 Å². The second kappa shape index (κ2) is 4.82. The highest BCUT2D eigenvalue weighted by Gasteiger charge is 2.32. The Kier molecular flexibility index (Phi) is 3.10. The minimum atomic E-state index is -4.33. The Bertz CT molecular complexity index is 843. The van der Waals surface area contributed by atoms with Gasteiger partial charge < -0.3 is 4.98 Å². The first-order valence-corrected chi connectivity index (χ1v) is 6.55. The zero-order valence-electron chi connectivity index (χ0n) is 10.3. The number of hydrogen-bond donors (Lipinski definition) is 1. The van der Waals surface area contributed by atoms with Crippen LogP contribution in [-0.4, -0.2) is 19.9 Å². The molecule has 0 spiro atoms. The van der Waals surface area contributed by atoms with Gasteiger partial charge in [0.1, 0.15) is 22.3 Å². The molecule has 1 N–H and O–H groups in total.